The van der Waals surface area contributed by atoms with Crippen LogP contribution in [0.25, 0.3) is 16.7 Å². The number of carbonyl (C=O) groups excluding carboxylic acids is 1. The lowest BCUT2D eigenvalue weighted by molar-refractivity contribution is -0.116. The Bertz CT molecular complexity index is 1210. The third-order valence-electron chi connectivity index (χ3n) is 4.27. The number of benzene rings is 2. The number of nitrogens with zero attached hydrogens (tertiary/aromatic N) is 4. The standard InChI is InChI=1S/C20H16FN5O2/c1-13-2-6-15(7-3-13)24-18(27)11-25-12-22-19-17(20(25)28)10-23-26(19)16-8-4-14(21)5-9-16/h2-10,12H,11H2,1H3,(H,24,27). The van der Waals surface area contributed by atoms with Crippen molar-refractivity contribution in [2.24, 2.45) is 0 Å². The summed E-state index contributed by atoms with van der Waals surface area (Å²) >= 11 is 0. The number of nitrogens with one attached hydrogen (secondary N) is 1. The number of aryl methyl sites for hydroxylation is 1. The van der Waals surface area contributed by atoms with Crippen molar-refractivity contribution < 1.29 is 9.18 Å². The molecule has 0 aliphatic heterocycles. The number of carbonyl (C=O) groups is 1. The average molecular weight is 377 g/mol. The Balaban J connectivity index is 1.60. The number of hydrogen-bond donors (Lipinski definition) is 1. The van der Waals surface area contributed by atoms with E-state index in [0.717, 1.165) is 5.56 Å². The minimum absolute atomic E-state index is 0.169. The van der Waals surface area contributed by atoms with Crippen molar-refractivity contribution in [3.8, 4) is 5.69 Å². The first kappa shape index (κ1) is 17.6. The first-order valence-electron chi connectivity index (χ1n) is 8.57. The summed E-state index contributed by atoms with van der Waals surface area (Å²) in [5.41, 5.74) is 2.28. The summed E-state index contributed by atoms with van der Waals surface area (Å²) in [5, 5.41) is 7.19. The number of hydrogen-bond acceptors (Lipinski definition) is 4. The van der Waals surface area contributed by atoms with Gasteiger partial charge in [-0.3, -0.25) is 14.2 Å². The summed E-state index contributed by atoms with van der Waals surface area (Å²) in [5.74, 6) is -0.701. The van der Waals surface area contributed by atoms with Gasteiger partial charge in [0.1, 0.15) is 24.1 Å². The highest BCUT2D eigenvalue weighted by molar-refractivity contribution is 5.90. The highest BCUT2D eigenvalue weighted by atomic mass is 19.1. The van der Waals surface area contributed by atoms with Crippen LogP contribution >= 0.6 is 0 Å². The van der Waals surface area contributed by atoms with Crippen molar-refractivity contribution in [1.29, 1.82) is 0 Å². The van der Waals surface area contributed by atoms with Crippen LogP contribution in [0.2, 0.25) is 0 Å². The number of aromatic nitrogens is 4. The van der Waals surface area contributed by atoms with Gasteiger partial charge in [-0.05, 0) is 43.3 Å². The normalized spacial score (nSPS) is 10.9. The molecule has 0 aliphatic rings. The van der Waals surface area contributed by atoms with Crippen molar-refractivity contribution >= 4 is 22.6 Å². The maximum atomic E-state index is 13.1. The molecule has 0 fully saturated rings. The van der Waals surface area contributed by atoms with Gasteiger partial charge in [0, 0.05) is 5.69 Å². The maximum absolute atomic E-state index is 13.1. The van der Waals surface area contributed by atoms with Crippen LogP contribution in [0.15, 0.2) is 65.8 Å². The molecular weight excluding hydrogens is 361 g/mol. The van der Waals surface area contributed by atoms with Gasteiger partial charge in [-0.1, -0.05) is 17.7 Å². The monoisotopic (exact) mass is 377 g/mol. The third kappa shape index (κ3) is 3.39. The van der Waals surface area contributed by atoms with Gasteiger partial charge in [0.15, 0.2) is 5.65 Å². The molecule has 0 saturated carbocycles. The van der Waals surface area contributed by atoms with E-state index in [4.69, 9.17) is 0 Å². The van der Waals surface area contributed by atoms with Crippen LogP contribution in [0.4, 0.5) is 10.1 Å². The lowest BCUT2D eigenvalue weighted by Gasteiger charge is -2.08. The van der Waals surface area contributed by atoms with Gasteiger partial charge in [0.05, 0.1) is 11.9 Å². The summed E-state index contributed by atoms with van der Waals surface area (Å²) in [7, 11) is 0. The fourth-order valence-electron chi connectivity index (χ4n) is 2.82. The summed E-state index contributed by atoms with van der Waals surface area (Å²) in [4.78, 5) is 29.2. The Morgan fingerprint density at radius 3 is 2.54 bits per heavy atom. The highest BCUT2D eigenvalue weighted by Crippen LogP contribution is 2.14. The van der Waals surface area contributed by atoms with Gasteiger partial charge < -0.3 is 5.32 Å². The Morgan fingerprint density at radius 1 is 1.11 bits per heavy atom. The molecule has 1 N–H and O–H groups in total. The molecule has 0 saturated heterocycles. The molecule has 8 heteroatoms. The quantitative estimate of drug-likeness (QED) is 0.593. The van der Waals surface area contributed by atoms with Crippen LogP contribution in [-0.2, 0) is 11.3 Å². The number of anilines is 1. The molecule has 0 unspecified atom stereocenters. The Hall–Kier alpha value is -3.81. The lowest BCUT2D eigenvalue weighted by Crippen LogP contribution is -2.27. The Labute approximate surface area is 159 Å². The summed E-state index contributed by atoms with van der Waals surface area (Å²) < 4.78 is 15.8. The minimum atomic E-state index is -0.377. The maximum Gasteiger partial charge on any atom is 0.264 e. The lowest BCUT2D eigenvalue weighted by atomic mass is 10.2. The second kappa shape index (κ2) is 7.07. The number of rotatable bonds is 4. The second-order valence-electron chi connectivity index (χ2n) is 6.36. The van der Waals surface area contributed by atoms with Crippen LogP contribution in [-0.4, -0.2) is 25.2 Å². The van der Waals surface area contributed by atoms with Crippen molar-refractivity contribution in [1.82, 2.24) is 19.3 Å². The number of fused-ring (bicyclic) bond motifs is 1. The van der Waals surface area contributed by atoms with Crippen molar-refractivity contribution in [2.45, 2.75) is 13.5 Å². The predicted octanol–water partition coefficient (Wildman–Crippen LogP) is 2.67. The van der Waals surface area contributed by atoms with E-state index in [-0.39, 0.29) is 29.2 Å². The van der Waals surface area contributed by atoms with Crippen LogP contribution in [0.1, 0.15) is 5.56 Å². The van der Waals surface area contributed by atoms with E-state index >= 15 is 0 Å². The van der Waals surface area contributed by atoms with Gasteiger partial charge in [-0.25, -0.2) is 14.1 Å². The Morgan fingerprint density at radius 2 is 1.82 bits per heavy atom. The predicted molar refractivity (Wildman–Crippen MR) is 103 cm³/mol. The summed E-state index contributed by atoms with van der Waals surface area (Å²) in [6.45, 7) is 1.79. The molecule has 0 atom stereocenters. The summed E-state index contributed by atoms with van der Waals surface area (Å²) in [6, 6.07) is 13.1. The fourth-order valence-corrected chi connectivity index (χ4v) is 2.82. The van der Waals surface area contributed by atoms with Gasteiger partial charge in [-0.2, -0.15) is 5.10 Å². The third-order valence-corrected chi connectivity index (χ3v) is 4.27. The van der Waals surface area contributed by atoms with Gasteiger partial charge in [-0.15, -0.1) is 0 Å². The Kier molecular flexibility index (Phi) is 4.44. The molecule has 0 bridgehead atoms. The topological polar surface area (TPSA) is 81.8 Å². The first-order chi connectivity index (χ1) is 13.5. The number of amides is 1. The minimum Gasteiger partial charge on any atom is -0.325 e. The van der Waals surface area contributed by atoms with E-state index in [1.165, 1.54) is 33.9 Å². The zero-order valence-electron chi connectivity index (χ0n) is 15.0. The molecule has 1 amide bonds. The molecule has 28 heavy (non-hydrogen) atoms. The van der Waals surface area contributed by atoms with Crippen LogP contribution < -0.4 is 10.9 Å². The van der Waals surface area contributed by atoms with E-state index in [1.807, 2.05) is 19.1 Å². The van der Waals surface area contributed by atoms with Crippen molar-refractivity contribution in [3.05, 3.63) is 82.8 Å². The summed E-state index contributed by atoms with van der Waals surface area (Å²) in [6.07, 6.45) is 2.70. The van der Waals surface area contributed by atoms with Gasteiger partial charge >= 0.3 is 0 Å². The fraction of sp³-hybridized carbons (Fsp3) is 0.100. The second-order valence-corrected chi connectivity index (χ2v) is 6.36. The molecule has 0 radical (unpaired) electrons. The molecule has 0 aliphatic carbocycles. The van der Waals surface area contributed by atoms with Crippen LogP contribution in [0.5, 0.6) is 0 Å². The molecule has 2 heterocycles. The van der Waals surface area contributed by atoms with E-state index < -0.39 is 0 Å². The van der Waals surface area contributed by atoms with E-state index in [2.05, 4.69) is 15.4 Å². The van der Waals surface area contributed by atoms with Crippen molar-refractivity contribution in [2.75, 3.05) is 5.32 Å². The smallest absolute Gasteiger partial charge is 0.264 e. The molecule has 4 aromatic rings. The van der Waals surface area contributed by atoms with Crippen LogP contribution in [0, 0.1) is 12.7 Å². The van der Waals surface area contributed by atoms with Gasteiger partial charge in [0.2, 0.25) is 5.91 Å². The first-order valence-corrected chi connectivity index (χ1v) is 8.57. The molecule has 2 aromatic heterocycles. The molecule has 0 spiro atoms. The number of halogens is 1. The van der Waals surface area contributed by atoms with E-state index in [1.54, 1.807) is 24.3 Å². The zero-order chi connectivity index (χ0) is 19.7. The zero-order valence-corrected chi connectivity index (χ0v) is 15.0. The molecule has 7 nitrogen and oxygen atoms in total. The molecular formula is C20H16FN5O2. The van der Waals surface area contributed by atoms with E-state index in [9.17, 15) is 14.0 Å². The SMILES string of the molecule is Cc1ccc(NC(=O)Cn2cnc3c(cnn3-c3ccc(F)cc3)c2=O)cc1. The van der Waals surface area contributed by atoms with E-state index in [0.29, 0.717) is 17.0 Å². The van der Waals surface area contributed by atoms with Gasteiger partial charge in [0.25, 0.3) is 5.56 Å². The molecule has 140 valence electrons. The van der Waals surface area contributed by atoms with Crippen LogP contribution in [0.3, 0.4) is 0 Å². The molecule has 2 aromatic carbocycles. The average Bonchev–Trinajstić information content (AvgIpc) is 3.11. The largest absolute Gasteiger partial charge is 0.325 e. The van der Waals surface area contributed by atoms with Crippen molar-refractivity contribution in [3.63, 3.8) is 0 Å². The molecule has 4 rings (SSSR count). The highest BCUT2D eigenvalue weighted by Gasteiger charge is 2.13.